The molecule has 0 saturated heterocycles. The molecular weight excluding hydrogens is 420 g/mol. The molecule has 1 aromatic heterocycles. The highest BCUT2D eigenvalue weighted by atomic mass is 32.1. The van der Waals surface area contributed by atoms with Crippen LogP contribution in [0.5, 0.6) is 0 Å². The smallest absolute Gasteiger partial charge is 0.280 e. The Hall–Kier alpha value is -3.06. The van der Waals surface area contributed by atoms with E-state index >= 15 is 0 Å². The van der Waals surface area contributed by atoms with Crippen molar-refractivity contribution < 1.29 is 9.59 Å². The number of hydrogen-bond acceptors (Lipinski definition) is 5. The Morgan fingerprint density at radius 1 is 1.03 bits per heavy atom. The summed E-state index contributed by atoms with van der Waals surface area (Å²) >= 11 is 1.12. The number of carbonyl (C=O) groups is 2. The van der Waals surface area contributed by atoms with Crippen LogP contribution in [0.4, 0.5) is 5.69 Å². The van der Waals surface area contributed by atoms with Gasteiger partial charge in [0.2, 0.25) is 5.91 Å². The van der Waals surface area contributed by atoms with Gasteiger partial charge in [0.05, 0.1) is 0 Å². The summed E-state index contributed by atoms with van der Waals surface area (Å²) in [7, 11) is 0. The lowest BCUT2D eigenvalue weighted by Crippen LogP contribution is -2.46. The fourth-order valence-electron chi connectivity index (χ4n) is 4.24. The highest BCUT2D eigenvalue weighted by molar-refractivity contribution is 7.03. The average molecular weight is 449 g/mol. The third kappa shape index (κ3) is 4.72. The Morgan fingerprint density at radius 3 is 2.38 bits per heavy atom. The molecule has 1 saturated carbocycles. The zero-order chi connectivity index (χ0) is 22.7. The van der Waals surface area contributed by atoms with Gasteiger partial charge in [0.1, 0.15) is 6.04 Å². The molecule has 0 spiro atoms. The van der Waals surface area contributed by atoms with Gasteiger partial charge in [-0.25, -0.2) is 0 Å². The second-order valence-electron chi connectivity index (χ2n) is 8.56. The van der Waals surface area contributed by atoms with E-state index in [1.54, 1.807) is 10.3 Å². The first-order chi connectivity index (χ1) is 15.4. The number of hydrogen-bond donors (Lipinski definition) is 1. The van der Waals surface area contributed by atoms with Crippen molar-refractivity contribution in [1.29, 1.82) is 0 Å². The molecule has 1 heterocycles. The Morgan fingerprint density at radius 2 is 1.72 bits per heavy atom. The summed E-state index contributed by atoms with van der Waals surface area (Å²) in [4.78, 5) is 29.1. The van der Waals surface area contributed by atoms with Gasteiger partial charge in [-0.3, -0.25) is 14.5 Å². The van der Waals surface area contributed by atoms with Gasteiger partial charge in [-0.1, -0.05) is 59.3 Å². The van der Waals surface area contributed by atoms with Crippen LogP contribution in [0.2, 0.25) is 0 Å². The summed E-state index contributed by atoms with van der Waals surface area (Å²) in [6.45, 7) is 5.94. The first-order valence-electron chi connectivity index (χ1n) is 11.0. The largest absolute Gasteiger partial charge is 0.351 e. The molecule has 2 amide bonds. The van der Waals surface area contributed by atoms with E-state index in [0.29, 0.717) is 5.69 Å². The van der Waals surface area contributed by atoms with Crippen LogP contribution in [0.1, 0.15) is 64.5 Å². The van der Waals surface area contributed by atoms with Crippen molar-refractivity contribution in [2.45, 2.75) is 58.5 Å². The number of carbonyl (C=O) groups excluding carboxylic acids is 2. The van der Waals surface area contributed by atoms with E-state index in [0.717, 1.165) is 59.5 Å². The molecule has 1 fully saturated rings. The molecule has 32 heavy (non-hydrogen) atoms. The zero-order valence-corrected chi connectivity index (χ0v) is 19.5. The first kappa shape index (κ1) is 22.1. The minimum Gasteiger partial charge on any atom is -0.351 e. The quantitative estimate of drug-likeness (QED) is 0.581. The molecule has 0 aliphatic heterocycles. The standard InChI is InChI=1S/C25H28N4O2S/c1-16-9-12-19(13-10-16)23(24(30)26-20-6-4-5-7-20)29(25(31)21-15-32-28-27-21)22-14-17(2)8-11-18(22)3/h8-15,20,23H,4-7H2,1-3H3,(H,26,30). The summed E-state index contributed by atoms with van der Waals surface area (Å²) in [6, 6.07) is 13.1. The van der Waals surface area contributed by atoms with Crippen molar-refractivity contribution in [2.75, 3.05) is 4.90 Å². The highest BCUT2D eigenvalue weighted by Gasteiger charge is 2.36. The SMILES string of the molecule is Cc1ccc(C(C(=O)NC2CCCC2)N(C(=O)c2csnn2)c2cc(C)ccc2C)cc1. The predicted octanol–water partition coefficient (Wildman–Crippen LogP) is 4.91. The summed E-state index contributed by atoms with van der Waals surface area (Å²) in [5.41, 5.74) is 4.73. The molecule has 4 rings (SSSR count). The molecule has 3 aromatic rings. The number of nitrogens with one attached hydrogen (secondary N) is 1. The van der Waals surface area contributed by atoms with Crippen molar-refractivity contribution in [3.05, 3.63) is 75.8 Å². The lowest BCUT2D eigenvalue weighted by atomic mass is 9.99. The number of amides is 2. The van der Waals surface area contributed by atoms with Crippen LogP contribution in [0.3, 0.4) is 0 Å². The van der Waals surface area contributed by atoms with Crippen molar-refractivity contribution in [3.8, 4) is 0 Å². The van der Waals surface area contributed by atoms with E-state index in [2.05, 4.69) is 14.9 Å². The monoisotopic (exact) mass is 448 g/mol. The normalized spacial score (nSPS) is 14.8. The fourth-order valence-corrected chi connectivity index (χ4v) is 4.67. The average Bonchev–Trinajstić information content (AvgIpc) is 3.49. The molecule has 6 nitrogen and oxygen atoms in total. The van der Waals surface area contributed by atoms with E-state index < -0.39 is 6.04 Å². The molecule has 1 aliphatic rings. The lowest BCUT2D eigenvalue weighted by Gasteiger charge is -2.33. The maximum Gasteiger partial charge on any atom is 0.280 e. The molecule has 1 aliphatic carbocycles. The van der Waals surface area contributed by atoms with E-state index in [4.69, 9.17) is 0 Å². The number of aromatic nitrogens is 2. The van der Waals surface area contributed by atoms with Gasteiger partial charge in [0.15, 0.2) is 5.69 Å². The van der Waals surface area contributed by atoms with E-state index in [1.807, 2.05) is 63.2 Å². The first-order valence-corrected chi connectivity index (χ1v) is 11.8. The highest BCUT2D eigenvalue weighted by Crippen LogP contribution is 2.33. The molecular formula is C25H28N4O2S. The van der Waals surface area contributed by atoms with Crippen LogP contribution in [0, 0.1) is 20.8 Å². The molecule has 1 atom stereocenters. The number of nitrogens with zero attached hydrogens (tertiary/aromatic N) is 3. The topological polar surface area (TPSA) is 75.2 Å². The zero-order valence-electron chi connectivity index (χ0n) is 18.7. The third-order valence-corrected chi connectivity index (χ3v) is 6.53. The van der Waals surface area contributed by atoms with Crippen LogP contribution in [0.25, 0.3) is 0 Å². The summed E-state index contributed by atoms with van der Waals surface area (Å²) in [6.07, 6.45) is 4.17. The molecule has 0 radical (unpaired) electrons. The molecule has 7 heteroatoms. The minimum atomic E-state index is -0.814. The van der Waals surface area contributed by atoms with Crippen molar-refractivity contribution >= 4 is 29.0 Å². The third-order valence-electron chi connectivity index (χ3n) is 6.02. The van der Waals surface area contributed by atoms with Gasteiger partial charge in [-0.05, 0) is 67.9 Å². The fraction of sp³-hybridized carbons (Fsp3) is 0.360. The minimum absolute atomic E-state index is 0.145. The maximum absolute atomic E-state index is 13.7. The van der Waals surface area contributed by atoms with Crippen molar-refractivity contribution in [1.82, 2.24) is 14.9 Å². The van der Waals surface area contributed by atoms with E-state index in [9.17, 15) is 9.59 Å². The number of aryl methyl sites for hydroxylation is 3. The van der Waals surface area contributed by atoms with Gasteiger partial charge in [0.25, 0.3) is 5.91 Å². The summed E-state index contributed by atoms with van der Waals surface area (Å²) in [5.74, 6) is -0.502. The second-order valence-corrected chi connectivity index (χ2v) is 9.17. The Balaban J connectivity index is 1.84. The number of anilines is 1. The summed E-state index contributed by atoms with van der Waals surface area (Å²) < 4.78 is 3.87. The van der Waals surface area contributed by atoms with Crippen molar-refractivity contribution in [3.63, 3.8) is 0 Å². The molecule has 166 valence electrons. The van der Waals surface area contributed by atoms with Gasteiger partial charge in [0, 0.05) is 17.1 Å². The van der Waals surface area contributed by atoms with Crippen LogP contribution in [-0.4, -0.2) is 27.4 Å². The van der Waals surface area contributed by atoms with Crippen LogP contribution in [0.15, 0.2) is 47.8 Å². The van der Waals surface area contributed by atoms with E-state index in [-0.39, 0.29) is 23.6 Å². The molecule has 1 unspecified atom stereocenters. The number of benzene rings is 2. The van der Waals surface area contributed by atoms with Gasteiger partial charge in [-0.2, -0.15) is 0 Å². The van der Waals surface area contributed by atoms with Gasteiger partial charge >= 0.3 is 0 Å². The second kappa shape index (κ2) is 9.61. The molecule has 2 aromatic carbocycles. The van der Waals surface area contributed by atoms with Crippen LogP contribution < -0.4 is 10.2 Å². The van der Waals surface area contributed by atoms with Gasteiger partial charge < -0.3 is 5.32 Å². The van der Waals surface area contributed by atoms with Crippen molar-refractivity contribution in [2.24, 2.45) is 0 Å². The molecule has 1 N–H and O–H groups in total. The molecule has 0 bridgehead atoms. The summed E-state index contributed by atoms with van der Waals surface area (Å²) in [5, 5.41) is 8.85. The number of rotatable bonds is 6. The Bertz CT molecular complexity index is 1090. The Kier molecular flexibility index (Phi) is 6.65. The predicted molar refractivity (Wildman–Crippen MR) is 127 cm³/mol. The van der Waals surface area contributed by atoms with Gasteiger partial charge in [-0.15, -0.1) is 5.10 Å². The van der Waals surface area contributed by atoms with Crippen LogP contribution >= 0.6 is 11.5 Å². The lowest BCUT2D eigenvalue weighted by molar-refractivity contribution is -0.123. The van der Waals surface area contributed by atoms with Crippen LogP contribution in [-0.2, 0) is 4.79 Å². The van der Waals surface area contributed by atoms with E-state index in [1.165, 1.54) is 0 Å². The Labute approximate surface area is 192 Å². The maximum atomic E-state index is 13.7.